The van der Waals surface area contributed by atoms with Crippen molar-refractivity contribution in [3.8, 4) is 0 Å². The average molecular weight is 270 g/mol. The summed E-state index contributed by atoms with van der Waals surface area (Å²) in [7, 11) is -3.21. The second-order valence-electron chi connectivity index (χ2n) is 4.65. The maximum atomic E-state index is 12.2. The second-order valence-corrected chi connectivity index (χ2v) is 6.69. The molecule has 0 saturated heterocycles. The molecule has 0 aliphatic carbocycles. The summed E-state index contributed by atoms with van der Waals surface area (Å²) in [5.41, 5.74) is 7.35. The van der Waals surface area contributed by atoms with Crippen molar-refractivity contribution in [2.75, 3.05) is 11.5 Å². The fourth-order valence-corrected chi connectivity index (χ4v) is 3.55. The van der Waals surface area contributed by atoms with Crippen LogP contribution in [0, 0.1) is 0 Å². The van der Waals surface area contributed by atoms with E-state index >= 15 is 0 Å². The van der Waals surface area contributed by atoms with Gasteiger partial charge in [-0.15, -0.1) is 0 Å². The van der Waals surface area contributed by atoms with Gasteiger partial charge in [-0.3, -0.25) is 0 Å². The van der Waals surface area contributed by atoms with Gasteiger partial charge < -0.3 is 5.73 Å². The van der Waals surface area contributed by atoms with Crippen molar-refractivity contribution < 1.29 is 8.42 Å². The zero-order chi connectivity index (χ0) is 13.8. The number of hydrogen-bond donors (Lipinski definition) is 1. The minimum absolute atomic E-state index is 0.0684. The molecule has 18 heavy (non-hydrogen) atoms. The van der Waals surface area contributed by atoms with Crippen LogP contribution in [0.4, 0.5) is 5.69 Å². The number of nitrogens with two attached hydrogens (primary N) is 1. The number of anilines is 1. The van der Waals surface area contributed by atoms with Gasteiger partial charge in [0.1, 0.15) is 0 Å². The van der Waals surface area contributed by atoms with Crippen LogP contribution in [0.15, 0.2) is 24.3 Å². The highest BCUT2D eigenvalue weighted by molar-refractivity contribution is 7.89. The van der Waals surface area contributed by atoms with E-state index < -0.39 is 10.0 Å². The smallest absolute Gasteiger partial charge is 0.214 e. The molecule has 0 spiro atoms. The first kappa shape index (κ1) is 15.0. The van der Waals surface area contributed by atoms with Gasteiger partial charge in [-0.2, -0.15) is 4.31 Å². The summed E-state index contributed by atoms with van der Waals surface area (Å²) in [4.78, 5) is 0. The Hall–Kier alpha value is -1.07. The van der Waals surface area contributed by atoms with Crippen LogP contribution >= 0.6 is 0 Å². The molecule has 0 unspecified atom stereocenters. The van der Waals surface area contributed by atoms with Gasteiger partial charge >= 0.3 is 0 Å². The summed E-state index contributed by atoms with van der Waals surface area (Å²) in [6.07, 6.45) is 0.621. The van der Waals surface area contributed by atoms with E-state index in [1.807, 2.05) is 39.0 Å². The van der Waals surface area contributed by atoms with Crippen LogP contribution in [-0.4, -0.2) is 24.5 Å². The predicted molar refractivity (Wildman–Crippen MR) is 75.6 cm³/mol. The highest BCUT2D eigenvalue weighted by Gasteiger charge is 2.24. The van der Waals surface area contributed by atoms with Gasteiger partial charge in [0.2, 0.25) is 10.0 Å². The van der Waals surface area contributed by atoms with Gasteiger partial charge in [0, 0.05) is 18.3 Å². The molecule has 0 aliphatic heterocycles. The lowest BCUT2D eigenvalue weighted by Crippen LogP contribution is -2.38. The molecule has 0 fully saturated rings. The van der Waals surface area contributed by atoms with Crippen LogP contribution in [0.5, 0.6) is 0 Å². The van der Waals surface area contributed by atoms with Crippen LogP contribution < -0.4 is 5.73 Å². The largest absolute Gasteiger partial charge is 0.398 e. The van der Waals surface area contributed by atoms with Gasteiger partial charge in [-0.25, -0.2) is 8.42 Å². The SMILES string of the molecule is CCCS(=O)(=O)N(Cc1ccccc1N)C(C)C. The number of nitrogens with zero attached hydrogens (tertiary/aromatic N) is 1. The zero-order valence-corrected chi connectivity index (χ0v) is 12.1. The Kier molecular flexibility index (Phi) is 5.16. The molecule has 1 aromatic carbocycles. The van der Waals surface area contributed by atoms with E-state index in [0.29, 0.717) is 18.7 Å². The normalized spacial score (nSPS) is 12.3. The van der Waals surface area contributed by atoms with Crippen molar-refractivity contribution in [2.24, 2.45) is 0 Å². The van der Waals surface area contributed by atoms with E-state index in [-0.39, 0.29) is 11.8 Å². The van der Waals surface area contributed by atoms with Gasteiger partial charge in [0.25, 0.3) is 0 Å². The molecule has 1 rings (SSSR count). The molecular formula is C13H22N2O2S. The highest BCUT2D eigenvalue weighted by atomic mass is 32.2. The van der Waals surface area contributed by atoms with Crippen molar-refractivity contribution in [1.29, 1.82) is 0 Å². The maximum Gasteiger partial charge on any atom is 0.214 e. The van der Waals surface area contributed by atoms with Crippen molar-refractivity contribution in [2.45, 2.75) is 39.8 Å². The second kappa shape index (κ2) is 6.20. The summed E-state index contributed by atoms with van der Waals surface area (Å²) in [6.45, 7) is 5.97. The Morgan fingerprint density at radius 3 is 2.39 bits per heavy atom. The highest BCUT2D eigenvalue weighted by Crippen LogP contribution is 2.18. The van der Waals surface area contributed by atoms with Crippen LogP contribution in [0.3, 0.4) is 0 Å². The summed E-state index contributed by atoms with van der Waals surface area (Å²) >= 11 is 0. The average Bonchev–Trinajstić information content (AvgIpc) is 2.27. The molecule has 0 atom stereocenters. The lowest BCUT2D eigenvalue weighted by molar-refractivity contribution is 0.348. The molecule has 0 heterocycles. The minimum atomic E-state index is -3.21. The number of rotatable bonds is 6. The van der Waals surface area contributed by atoms with Gasteiger partial charge in [0.05, 0.1) is 5.75 Å². The molecule has 0 aromatic heterocycles. The number of nitrogen functional groups attached to an aromatic ring is 1. The molecular weight excluding hydrogens is 248 g/mol. The molecule has 4 nitrogen and oxygen atoms in total. The Morgan fingerprint density at radius 1 is 1.28 bits per heavy atom. The number of hydrogen-bond acceptors (Lipinski definition) is 3. The minimum Gasteiger partial charge on any atom is -0.398 e. The maximum absolute atomic E-state index is 12.2. The van der Waals surface area contributed by atoms with Crippen molar-refractivity contribution in [1.82, 2.24) is 4.31 Å². The molecule has 0 amide bonds. The third kappa shape index (κ3) is 3.71. The predicted octanol–water partition coefficient (Wildman–Crippen LogP) is 2.22. The summed E-state index contributed by atoms with van der Waals surface area (Å²) < 4.78 is 25.9. The molecule has 5 heteroatoms. The molecule has 1 aromatic rings. The van der Waals surface area contributed by atoms with E-state index in [0.717, 1.165) is 5.56 Å². The Morgan fingerprint density at radius 2 is 1.89 bits per heavy atom. The lowest BCUT2D eigenvalue weighted by Gasteiger charge is -2.26. The fourth-order valence-electron chi connectivity index (χ4n) is 1.82. The van der Waals surface area contributed by atoms with E-state index in [1.54, 1.807) is 6.07 Å². The van der Waals surface area contributed by atoms with Crippen LogP contribution in [0.25, 0.3) is 0 Å². The van der Waals surface area contributed by atoms with Crippen molar-refractivity contribution in [3.63, 3.8) is 0 Å². The monoisotopic (exact) mass is 270 g/mol. The number of benzene rings is 1. The van der Waals surface area contributed by atoms with E-state index in [2.05, 4.69) is 0 Å². The Balaban J connectivity index is 2.99. The lowest BCUT2D eigenvalue weighted by atomic mass is 10.2. The van der Waals surface area contributed by atoms with E-state index in [1.165, 1.54) is 4.31 Å². The molecule has 0 aliphatic rings. The van der Waals surface area contributed by atoms with E-state index in [9.17, 15) is 8.42 Å². The Labute approximate surface area is 110 Å². The first-order valence-corrected chi connectivity index (χ1v) is 7.82. The quantitative estimate of drug-likeness (QED) is 0.806. The van der Waals surface area contributed by atoms with E-state index in [4.69, 9.17) is 5.73 Å². The molecule has 0 radical (unpaired) electrons. The van der Waals surface area contributed by atoms with Crippen molar-refractivity contribution in [3.05, 3.63) is 29.8 Å². The summed E-state index contributed by atoms with van der Waals surface area (Å²) in [6, 6.07) is 7.31. The number of para-hydroxylation sites is 1. The van der Waals surface area contributed by atoms with Crippen LogP contribution in [0.1, 0.15) is 32.8 Å². The zero-order valence-electron chi connectivity index (χ0n) is 11.3. The molecule has 0 bridgehead atoms. The summed E-state index contributed by atoms with van der Waals surface area (Å²) in [5.74, 6) is 0.178. The molecule has 102 valence electrons. The van der Waals surface area contributed by atoms with Crippen molar-refractivity contribution >= 4 is 15.7 Å². The first-order valence-electron chi connectivity index (χ1n) is 6.21. The topological polar surface area (TPSA) is 63.4 Å². The molecule has 0 saturated carbocycles. The van der Waals surface area contributed by atoms with Gasteiger partial charge in [0.15, 0.2) is 0 Å². The summed E-state index contributed by atoms with van der Waals surface area (Å²) in [5, 5.41) is 0. The molecule has 2 N–H and O–H groups in total. The fraction of sp³-hybridized carbons (Fsp3) is 0.538. The third-order valence-electron chi connectivity index (χ3n) is 2.78. The number of sulfonamides is 1. The van der Waals surface area contributed by atoms with Crippen LogP contribution in [0.2, 0.25) is 0 Å². The standard InChI is InChI=1S/C13H22N2O2S/c1-4-9-18(16,17)15(11(2)3)10-12-7-5-6-8-13(12)14/h5-8,11H,4,9-10,14H2,1-3H3. The van der Waals surface area contributed by atoms with Crippen LogP contribution in [-0.2, 0) is 16.6 Å². The van der Waals surface area contributed by atoms with Gasteiger partial charge in [-0.05, 0) is 31.9 Å². The Bertz CT molecular complexity index is 484. The van der Waals surface area contributed by atoms with Gasteiger partial charge in [-0.1, -0.05) is 25.1 Å². The third-order valence-corrected chi connectivity index (χ3v) is 4.97. The first-order chi connectivity index (χ1) is 8.38.